The van der Waals surface area contributed by atoms with E-state index in [0.717, 1.165) is 17.0 Å². The molecule has 56 heavy (non-hydrogen) atoms. The number of allylic oxidation sites excluding steroid dienone is 17. The summed E-state index contributed by atoms with van der Waals surface area (Å²) >= 11 is 0. The van der Waals surface area contributed by atoms with Gasteiger partial charge in [0.05, 0.1) is 0 Å². The van der Waals surface area contributed by atoms with Crippen molar-refractivity contribution >= 4 is 22.1 Å². The second-order valence-corrected chi connectivity index (χ2v) is 14.7. The Bertz CT molecular complexity index is 2770. The van der Waals surface area contributed by atoms with E-state index in [1.165, 1.54) is 72.2 Å². The molecule has 2 nitrogen and oxygen atoms in total. The Morgan fingerprint density at radius 3 is 2.00 bits per heavy atom. The standard InChI is InChI=1S/C33H22O.C21H21N/c1-2-4-6-8-19-27-23(15-7-5-3-1)24-16-9-12-20-28(24)33(27)29-21-13-10-17-25(29)31-26-18-11-14-22-30(26)34-32(31)33;1-15-8-11-19(22)12-9-16(2)21-14-18(10-13-20(15)21)17-6-4-3-5-7-17/h1-22H;3-14,16H,22H2,1-2H3/b2-1-,3-1?,4-2?,5-3+,6-4-,7-5?,8-6?,15-7+,19-8+,23-15?,27-19?;12-9+,15-8+,19-11+. The number of rotatable bonds is 1. The van der Waals surface area contributed by atoms with Gasteiger partial charge in [-0.2, -0.15) is 0 Å². The topological polar surface area (TPSA) is 39.2 Å². The van der Waals surface area contributed by atoms with E-state index in [1.807, 2.05) is 30.4 Å². The predicted molar refractivity (Wildman–Crippen MR) is 236 cm³/mol. The van der Waals surface area contributed by atoms with E-state index in [4.69, 9.17) is 10.2 Å². The van der Waals surface area contributed by atoms with Crippen molar-refractivity contribution in [2.45, 2.75) is 25.2 Å². The summed E-state index contributed by atoms with van der Waals surface area (Å²) in [5.74, 6) is 1.35. The molecule has 2 unspecified atom stereocenters. The van der Waals surface area contributed by atoms with Gasteiger partial charge in [0.2, 0.25) is 0 Å². The Kier molecular flexibility index (Phi) is 9.17. The number of benzene rings is 5. The van der Waals surface area contributed by atoms with Crippen molar-refractivity contribution in [3.05, 3.63) is 251 Å². The summed E-state index contributed by atoms with van der Waals surface area (Å²) in [4.78, 5) is 0. The Morgan fingerprint density at radius 2 is 1.21 bits per heavy atom. The number of hydrogen-bond donors (Lipinski definition) is 1. The minimum atomic E-state index is -0.491. The molecule has 0 bridgehead atoms. The summed E-state index contributed by atoms with van der Waals surface area (Å²) in [6.07, 6.45) is 29.4. The molecule has 5 aromatic carbocycles. The van der Waals surface area contributed by atoms with Crippen LogP contribution in [0.2, 0.25) is 0 Å². The smallest absolute Gasteiger partial charge is 0.135 e. The average Bonchev–Trinajstić information content (AvgIpc) is 3.86. The van der Waals surface area contributed by atoms with E-state index >= 15 is 0 Å². The zero-order valence-corrected chi connectivity index (χ0v) is 31.7. The molecule has 10 rings (SSSR count). The Labute approximate surface area is 329 Å². The molecule has 2 heteroatoms. The molecule has 4 aliphatic rings. The molecular weight excluding hydrogens is 679 g/mol. The molecule has 0 amide bonds. The van der Waals surface area contributed by atoms with Crippen molar-refractivity contribution in [1.29, 1.82) is 0 Å². The fourth-order valence-electron chi connectivity index (χ4n) is 8.72. The van der Waals surface area contributed by atoms with Crippen LogP contribution in [0.5, 0.6) is 0 Å². The molecule has 0 saturated heterocycles. The first-order valence-electron chi connectivity index (χ1n) is 19.4. The van der Waals surface area contributed by atoms with E-state index in [1.54, 1.807) is 0 Å². The highest BCUT2D eigenvalue weighted by atomic mass is 16.3. The molecule has 0 radical (unpaired) electrons. The van der Waals surface area contributed by atoms with Gasteiger partial charge < -0.3 is 10.2 Å². The summed E-state index contributed by atoms with van der Waals surface area (Å²) in [5.41, 5.74) is 22.4. The minimum absolute atomic E-state index is 0.326. The van der Waals surface area contributed by atoms with E-state index in [0.29, 0.717) is 5.92 Å². The maximum Gasteiger partial charge on any atom is 0.135 e. The highest BCUT2D eigenvalue weighted by Gasteiger charge is 2.55. The molecule has 0 saturated carbocycles. The van der Waals surface area contributed by atoms with Crippen LogP contribution in [0.15, 0.2) is 222 Å². The average molecular weight is 722 g/mol. The van der Waals surface area contributed by atoms with E-state index < -0.39 is 5.41 Å². The Morgan fingerprint density at radius 1 is 0.571 bits per heavy atom. The number of fused-ring (bicyclic) bond motifs is 12. The summed E-state index contributed by atoms with van der Waals surface area (Å²) in [7, 11) is 0. The lowest BCUT2D eigenvalue weighted by Crippen LogP contribution is -2.26. The molecule has 6 aromatic rings. The number of nitrogens with two attached hydrogens (primary N) is 1. The molecule has 0 fully saturated rings. The van der Waals surface area contributed by atoms with Gasteiger partial charge in [-0.15, -0.1) is 0 Å². The van der Waals surface area contributed by atoms with Gasteiger partial charge in [0.15, 0.2) is 0 Å². The molecule has 2 N–H and O–H groups in total. The lowest BCUT2D eigenvalue weighted by molar-refractivity contribution is 0.505. The zero-order chi connectivity index (χ0) is 38.1. The van der Waals surface area contributed by atoms with Crippen molar-refractivity contribution in [3.63, 3.8) is 0 Å². The van der Waals surface area contributed by atoms with E-state index in [9.17, 15) is 0 Å². The van der Waals surface area contributed by atoms with Crippen LogP contribution in [0.4, 0.5) is 0 Å². The van der Waals surface area contributed by atoms with Gasteiger partial charge in [-0.25, -0.2) is 0 Å². The largest absolute Gasteiger partial charge is 0.459 e. The maximum absolute atomic E-state index is 6.77. The van der Waals surface area contributed by atoms with Crippen molar-refractivity contribution in [2.75, 3.05) is 0 Å². The van der Waals surface area contributed by atoms with E-state index in [2.05, 4.69) is 190 Å². The summed E-state index contributed by atoms with van der Waals surface area (Å²) < 4.78 is 6.77. The third-order valence-corrected chi connectivity index (χ3v) is 11.3. The van der Waals surface area contributed by atoms with Crippen molar-refractivity contribution in [1.82, 2.24) is 0 Å². The molecular formula is C54H43NO. The van der Waals surface area contributed by atoms with Crippen molar-refractivity contribution < 1.29 is 4.42 Å². The highest BCUT2D eigenvalue weighted by molar-refractivity contribution is 6.05. The summed E-state index contributed by atoms with van der Waals surface area (Å²) in [6, 6.07) is 43.3. The fourth-order valence-corrected chi connectivity index (χ4v) is 8.72. The molecule has 1 heterocycles. The van der Waals surface area contributed by atoms with Crippen LogP contribution in [-0.2, 0) is 5.41 Å². The van der Waals surface area contributed by atoms with Gasteiger partial charge >= 0.3 is 0 Å². The van der Waals surface area contributed by atoms with Crippen LogP contribution in [0.3, 0.4) is 0 Å². The van der Waals surface area contributed by atoms with Crippen molar-refractivity contribution in [2.24, 2.45) is 5.73 Å². The number of furan rings is 1. The molecule has 1 spiro atoms. The second kappa shape index (κ2) is 14.7. The Balaban J connectivity index is 0.000000162. The van der Waals surface area contributed by atoms with Gasteiger partial charge in [0.1, 0.15) is 16.8 Å². The van der Waals surface area contributed by atoms with Crippen LogP contribution < -0.4 is 5.73 Å². The first-order chi connectivity index (χ1) is 27.6. The maximum atomic E-state index is 6.77. The van der Waals surface area contributed by atoms with Crippen LogP contribution in [-0.4, -0.2) is 0 Å². The molecule has 0 aliphatic heterocycles. The first kappa shape index (κ1) is 34.8. The normalized spacial score (nSPS) is 24.2. The second-order valence-electron chi connectivity index (χ2n) is 14.7. The van der Waals surface area contributed by atoms with Gasteiger partial charge in [-0.1, -0.05) is 189 Å². The summed E-state index contributed by atoms with van der Waals surface area (Å²) in [5, 5.41) is 1.17. The molecule has 1 aromatic heterocycles. The van der Waals surface area contributed by atoms with Gasteiger partial charge in [-0.05, 0) is 98.4 Å². The SMILES string of the molecule is C1=C\C=C\C=C\C2=C(\C=C\C=C/1)C1(c3ccccc32)c2ccccc2-c2c1oc1ccccc21.C\C1=C/C=C(N)\C=C\C(C)c2cc(-c3ccccc3)ccc21. The number of hydrogen-bond acceptors (Lipinski definition) is 2. The Hall–Kier alpha value is -6.90. The van der Waals surface area contributed by atoms with Crippen LogP contribution in [0, 0.1) is 0 Å². The fraction of sp³-hybridized carbons (Fsp3) is 0.0741. The lowest BCUT2D eigenvalue weighted by atomic mass is 9.72. The third-order valence-electron chi connectivity index (χ3n) is 11.3. The molecule has 4 aliphatic carbocycles. The van der Waals surface area contributed by atoms with Crippen LogP contribution in [0.1, 0.15) is 53.3 Å². The van der Waals surface area contributed by atoms with Gasteiger partial charge in [0.25, 0.3) is 0 Å². The first-order valence-corrected chi connectivity index (χ1v) is 19.4. The van der Waals surface area contributed by atoms with Gasteiger partial charge in [-0.3, -0.25) is 0 Å². The van der Waals surface area contributed by atoms with Crippen LogP contribution >= 0.6 is 0 Å². The van der Waals surface area contributed by atoms with Crippen LogP contribution in [0.25, 0.3) is 44.4 Å². The minimum Gasteiger partial charge on any atom is -0.459 e. The quantitative estimate of drug-likeness (QED) is 0.184. The van der Waals surface area contributed by atoms with Gasteiger partial charge in [0, 0.05) is 16.6 Å². The molecule has 2 atom stereocenters. The van der Waals surface area contributed by atoms with E-state index in [-0.39, 0.29) is 0 Å². The highest BCUT2D eigenvalue weighted by Crippen LogP contribution is 2.64. The molecule has 270 valence electrons. The van der Waals surface area contributed by atoms with Crippen molar-refractivity contribution in [3.8, 4) is 22.3 Å². The number of para-hydroxylation sites is 1. The summed E-state index contributed by atoms with van der Waals surface area (Å²) in [6.45, 7) is 4.36. The lowest BCUT2D eigenvalue weighted by Gasteiger charge is -2.29. The monoisotopic (exact) mass is 721 g/mol. The zero-order valence-electron chi connectivity index (χ0n) is 31.7. The predicted octanol–water partition coefficient (Wildman–Crippen LogP) is 13.6. The third kappa shape index (κ3) is 5.91.